The lowest BCUT2D eigenvalue weighted by Gasteiger charge is -2.14. The van der Waals surface area contributed by atoms with Gasteiger partial charge in [-0.05, 0) is 5.56 Å². The number of carboxylic acid groups (broad SMARTS) is 1. The minimum atomic E-state index is -1.36. The largest absolute Gasteiger partial charge is 0.506 e. The lowest BCUT2D eigenvalue weighted by molar-refractivity contribution is 0.0695. The highest BCUT2D eigenvalue weighted by atomic mass is 16.5. The third kappa shape index (κ3) is 2.77. The Bertz CT molecular complexity index is 1230. The summed E-state index contributed by atoms with van der Waals surface area (Å²) in [5, 5.41) is 20.8. The summed E-state index contributed by atoms with van der Waals surface area (Å²) in [4.78, 5) is 26.8. The Kier molecular flexibility index (Phi) is 4.01. The average molecular weight is 361 g/mol. The molecule has 4 aromatic rings. The number of aromatic nitrogens is 1. The first-order valence-corrected chi connectivity index (χ1v) is 8.27. The molecule has 0 saturated carbocycles. The van der Waals surface area contributed by atoms with Crippen LogP contribution < -0.4 is 10.2 Å². The van der Waals surface area contributed by atoms with E-state index in [2.05, 4.69) is 4.98 Å². The number of ether oxygens (including phenoxy) is 1. The van der Waals surface area contributed by atoms with Crippen LogP contribution in [0, 0.1) is 0 Å². The molecule has 0 fully saturated rings. The second-order valence-corrected chi connectivity index (χ2v) is 6.08. The predicted octanol–water partition coefficient (Wildman–Crippen LogP) is 3.66. The quantitative estimate of drug-likeness (QED) is 0.482. The monoisotopic (exact) mass is 361 g/mol. The molecule has 0 aliphatic carbocycles. The molecule has 134 valence electrons. The fourth-order valence-electron chi connectivity index (χ4n) is 3.13. The molecule has 1 heterocycles. The third-order valence-corrected chi connectivity index (χ3v) is 4.43. The number of phenolic OH excluding ortho intramolecular Hbond substituents is 1. The van der Waals surface area contributed by atoms with Crippen LogP contribution in [0.3, 0.4) is 0 Å². The number of H-pyrrole nitrogens is 1. The number of aromatic carboxylic acids is 1. The van der Waals surface area contributed by atoms with Gasteiger partial charge in [0.05, 0.1) is 10.9 Å². The predicted molar refractivity (Wildman–Crippen MR) is 101 cm³/mol. The van der Waals surface area contributed by atoms with E-state index in [1.54, 1.807) is 24.3 Å². The van der Waals surface area contributed by atoms with Crippen molar-refractivity contribution in [3.05, 3.63) is 82.1 Å². The number of phenols is 1. The van der Waals surface area contributed by atoms with Gasteiger partial charge in [-0.2, -0.15) is 0 Å². The van der Waals surface area contributed by atoms with E-state index in [1.165, 1.54) is 0 Å². The van der Waals surface area contributed by atoms with E-state index < -0.39 is 17.0 Å². The molecular weight excluding hydrogens is 346 g/mol. The highest BCUT2D eigenvalue weighted by molar-refractivity contribution is 6.10. The van der Waals surface area contributed by atoms with E-state index in [0.717, 1.165) is 11.8 Å². The van der Waals surface area contributed by atoms with Crippen molar-refractivity contribution in [1.29, 1.82) is 0 Å². The van der Waals surface area contributed by atoms with Crippen LogP contribution in [-0.4, -0.2) is 21.2 Å². The van der Waals surface area contributed by atoms with E-state index in [-0.39, 0.29) is 23.3 Å². The fraction of sp³-hybridized carbons (Fsp3) is 0.0476. The van der Waals surface area contributed by atoms with Crippen molar-refractivity contribution in [1.82, 2.24) is 4.98 Å². The van der Waals surface area contributed by atoms with Crippen LogP contribution in [0.25, 0.3) is 21.7 Å². The first-order valence-electron chi connectivity index (χ1n) is 8.27. The van der Waals surface area contributed by atoms with Crippen LogP contribution in [0.4, 0.5) is 0 Å². The molecule has 3 aromatic carbocycles. The lowest BCUT2D eigenvalue weighted by atomic mass is 10.0. The molecule has 0 spiro atoms. The van der Waals surface area contributed by atoms with Gasteiger partial charge >= 0.3 is 5.97 Å². The molecule has 0 radical (unpaired) electrons. The van der Waals surface area contributed by atoms with Crippen LogP contribution in [-0.2, 0) is 6.61 Å². The van der Waals surface area contributed by atoms with Crippen molar-refractivity contribution in [3.63, 3.8) is 0 Å². The second-order valence-electron chi connectivity index (χ2n) is 6.08. The van der Waals surface area contributed by atoms with Gasteiger partial charge in [0.15, 0.2) is 5.75 Å². The van der Waals surface area contributed by atoms with Crippen LogP contribution in [0.2, 0.25) is 0 Å². The van der Waals surface area contributed by atoms with Crippen molar-refractivity contribution >= 4 is 27.6 Å². The first-order chi connectivity index (χ1) is 13.1. The molecule has 27 heavy (non-hydrogen) atoms. The zero-order valence-corrected chi connectivity index (χ0v) is 14.1. The van der Waals surface area contributed by atoms with E-state index in [1.807, 2.05) is 30.3 Å². The molecule has 0 aliphatic heterocycles. The Morgan fingerprint density at radius 3 is 2.37 bits per heavy atom. The second kappa shape index (κ2) is 6.49. The Morgan fingerprint density at radius 2 is 1.67 bits per heavy atom. The molecule has 0 aliphatic rings. The van der Waals surface area contributed by atoms with Gasteiger partial charge in [-0.15, -0.1) is 0 Å². The summed E-state index contributed by atoms with van der Waals surface area (Å²) in [7, 11) is 0. The molecule has 6 nitrogen and oxygen atoms in total. The van der Waals surface area contributed by atoms with Gasteiger partial charge in [-0.3, -0.25) is 4.79 Å². The highest BCUT2D eigenvalue weighted by Crippen LogP contribution is 2.40. The fourth-order valence-corrected chi connectivity index (χ4v) is 3.13. The third-order valence-electron chi connectivity index (χ3n) is 4.43. The zero-order valence-electron chi connectivity index (χ0n) is 14.1. The van der Waals surface area contributed by atoms with E-state index in [4.69, 9.17) is 4.74 Å². The number of pyridine rings is 1. The number of hydrogen-bond donors (Lipinski definition) is 3. The molecule has 6 heteroatoms. The zero-order chi connectivity index (χ0) is 19.0. The number of carboxylic acids is 1. The molecule has 1 aromatic heterocycles. The summed E-state index contributed by atoms with van der Waals surface area (Å²) < 4.78 is 6.00. The Morgan fingerprint density at radius 1 is 1.00 bits per heavy atom. The van der Waals surface area contributed by atoms with Crippen molar-refractivity contribution in [2.24, 2.45) is 0 Å². The molecule has 0 atom stereocenters. The van der Waals surface area contributed by atoms with E-state index in [9.17, 15) is 19.8 Å². The van der Waals surface area contributed by atoms with Crippen molar-refractivity contribution < 1.29 is 19.7 Å². The number of fused-ring (bicyclic) bond motifs is 2. The summed E-state index contributed by atoms with van der Waals surface area (Å²) >= 11 is 0. The van der Waals surface area contributed by atoms with Gasteiger partial charge in [-0.1, -0.05) is 54.6 Å². The van der Waals surface area contributed by atoms with Crippen LogP contribution in [0.5, 0.6) is 11.5 Å². The Hall–Kier alpha value is -3.80. The molecular formula is C21H15NO5. The summed E-state index contributed by atoms with van der Waals surface area (Å²) in [5.74, 6) is -1.24. The minimum absolute atomic E-state index is 0.100. The standard InChI is InChI=1S/C21H15NO5/c23-18-13-8-4-5-9-14(13)20(27-11-12-6-2-1-3-7-12)17-16(18)19(24)15(10-22-17)21(25)26/h1-10,23H,11H2,(H,22,24)(H,25,26). The van der Waals surface area contributed by atoms with Crippen molar-refractivity contribution in [3.8, 4) is 11.5 Å². The molecule has 3 N–H and O–H groups in total. The number of carbonyl (C=O) groups is 1. The molecule has 0 bridgehead atoms. The van der Waals surface area contributed by atoms with Gasteiger partial charge in [0, 0.05) is 17.0 Å². The Labute approximate surface area is 153 Å². The summed E-state index contributed by atoms with van der Waals surface area (Å²) in [5.41, 5.74) is -0.00408. The van der Waals surface area contributed by atoms with Gasteiger partial charge in [0.2, 0.25) is 5.43 Å². The van der Waals surface area contributed by atoms with Crippen molar-refractivity contribution in [2.75, 3.05) is 0 Å². The maximum atomic E-state index is 12.6. The normalized spacial score (nSPS) is 11.0. The summed E-state index contributed by atoms with van der Waals surface area (Å²) in [6.07, 6.45) is 1.12. The van der Waals surface area contributed by atoms with Crippen LogP contribution >= 0.6 is 0 Å². The number of hydrogen-bond acceptors (Lipinski definition) is 4. The minimum Gasteiger partial charge on any atom is -0.506 e. The molecule has 0 saturated heterocycles. The van der Waals surface area contributed by atoms with Gasteiger partial charge in [-0.25, -0.2) is 4.79 Å². The summed E-state index contributed by atoms with van der Waals surface area (Å²) in [6, 6.07) is 16.5. The number of aromatic amines is 1. The number of aromatic hydroxyl groups is 1. The lowest BCUT2D eigenvalue weighted by Crippen LogP contribution is -2.16. The van der Waals surface area contributed by atoms with E-state index in [0.29, 0.717) is 16.5 Å². The number of benzene rings is 3. The number of rotatable bonds is 4. The average Bonchev–Trinajstić information content (AvgIpc) is 2.68. The topological polar surface area (TPSA) is 99.6 Å². The highest BCUT2D eigenvalue weighted by Gasteiger charge is 2.21. The van der Waals surface area contributed by atoms with Crippen LogP contribution in [0.1, 0.15) is 15.9 Å². The maximum Gasteiger partial charge on any atom is 0.341 e. The molecule has 0 unspecified atom stereocenters. The smallest absolute Gasteiger partial charge is 0.341 e. The Balaban J connectivity index is 2.00. The first kappa shape index (κ1) is 16.7. The van der Waals surface area contributed by atoms with Crippen LogP contribution in [0.15, 0.2) is 65.6 Å². The van der Waals surface area contributed by atoms with Gasteiger partial charge in [0.1, 0.15) is 17.9 Å². The maximum absolute atomic E-state index is 12.6. The number of nitrogens with one attached hydrogen (secondary N) is 1. The van der Waals surface area contributed by atoms with Gasteiger partial charge < -0.3 is 19.9 Å². The molecule has 0 amide bonds. The van der Waals surface area contributed by atoms with Crippen molar-refractivity contribution in [2.45, 2.75) is 6.61 Å². The van der Waals surface area contributed by atoms with Gasteiger partial charge in [0.25, 0.3) is 0 Å². The summed E-state index contributed by atoms with van der Waals surface area (Å²) in [6.45, 7) is 0.257. The molecule has 4 rings (SSSR count). The van der Waals surface area contributed by atoms with E-state index >= 15 is 0 Å². The SMILES string of the molecule is O=C(O)c1c[nH]c2c(OCc3ccccc3)c3ccccc3c(O)c2c1=O.